The van der Waals surface area contributed by atoms with Gasteiger partial charge in [-0.25, -0.2) is 4.39 Å². The van der Waals surface area contributed by atoms with Gasteiger partial charge < -0.3 is 15.8 Å². The third kappa shape index (κ3) is 5.07. The van der Waals surface area contributed by atoms with Crippen molar-refractivity contribution < 1.29 is 13.9 Å². The van der Waals surface area contributed by atoms with Crippen LogP contribution in [0.4, 0.5) is 4.39 Å². The van der Waals surface area contributed by atoms with Crippen LogP contribution in [-0.2, 0) is 30.6 Å². The Labute approximate surface area is 159 Å². The van der Waals surface area contributed by atoms with Gasteiger partial charge in [-0.1, -0.05) is 18.2 Å². The van der Waals surface area contributed by atoms with Crippen molar-refractivity contribution in [1.29, 1.82) is 0 Å². The molecule has 3 rings (SSSR count). The minimum atomic E-state index is -0.355. The number of rotatable bonds is 8. The number of fused-ring (bicyclic) bond motifs is 1. The van der Waals surface area contributed by atoms with Crippen LogP contribution in [0.15, 0.2) is 36.4 Å². The van der Waals surface area contributed by atoms with Crippen molar-refractivity contribution in [2.75, 3.05) is 6.61 Å². The van der Waals surface area contributed by atoms with E-state index in [9.17, 15) is 9.18 Å². The molecule has 0 radical (unpaired) electrons. The number of nitrogens with two attached hydrogens (primary N) is 1. The fourth-order valence-corrected chi connectivity index (χ4v) is 3.54. The molecule has 0 bridgehead atoms. The van der Waals surface area contributed by atoms with Gasteiger partial charge in [-0.2, -0.15) is 0 Å². The number of hydrogen-bond donors (Lipinski definition) is 2. The number of amides is 1. The van der Waals surface area contributed by atoms with Gasteiger partial charge in [0.15, 0.2) is 0 Å². The van der Waals surface area contributed by atoms with Gasteiger partial charge in [-0.05, 0) is 73.1 Å². The second-order valence-electron chi connectivity index (χ2n) is 7.12. The monoisotopic (exact) mass is 370 g/mol. The van der Waals surface area contributed by atoms with E-state index in [1.54, 1.807) is 19.1 Å². The van der Waals surface area contributed by atoms with Gasteiger partial charge >= 0.3 is 0 Å². The summed E-state index contributed by atoms with van der Waals surface area (Å²) in [6, 6.07) is 10.4. The molecule has 1 aliphatic rings. The quantitative estimate of drug-likeness (QED) is 0.749. The second kappa shape index (κ2) is 9.00. The first-order valence-electron chi connectivity index (χ1n) is 9.58. The normalized spacial score (nSPS) is 14.4. The van der Waals surface area contributed by atoms with E-state index in [1.165, 1.54) is 22.8 Å². The van der Waals surface area contributed by atoms with Crippen LogP contribution in [0.25, 0.3) is 0 Å². The van der Waals surface area contributed by atoms with Crippen LogP contribution < -0.4 is 15.8 Å². The third-order valence-corrected chi connectivity index (χ3v) is 5.15. The molecule has 144 valence electrons. The van der Waals surface area contributed by atoms with E-state index in [2.05, 4.69) is 11.4 Å². The standard InChI is InChI=1S/C22H27FN2O2/c1-15(22(24)26)25-14-17-9-10-21(20-8-3-2-7-19(17)20)27-12-11-16-5-4-6-18(23)13-16/h4-6,9-10,13,15,25H,2-3,7-8,11-12,14H2,1H3,(H2,24,26)/t15-/m0/s1. The number of primary amides is 1. The molecule has 5 heteroatoms. The average Bonchev–Trinajstić information content (AvgIpc) is 2.67. The minimum absolute atomic E-state index is 0.216. The zero-order valence-corrected chi connectivity index (χ0v) is 15.8. The SMILES string of the molecule is C[C@H](NCc1ccc(OCCc2cccc(F)c2)c2c1CCCC2)C(N)=O. The van der Waals surface area contributed by atoms with Gasteiger partial charge in [-0.15, -0.1) is 0 Å². The molecule has 27 heavy (non-hydrogen) atoms. The molecule has 4 nitrogen and oxygen atoms in total. The number of carbonyl (C=O) groups excluding carboxylic acids is 1. The maximum atomic E-state index is 13.3. The van der Waals surface area contributed by atoms with Crippen molar-refractivity contribution in [2.24, 2.45) is 5.73 Å². The van der Waals surface area contributed by atoms with Crippen LogP contribution in [0.1, 0.15) is 42.0 Å². The van der Waals surface area contributed by atoms with Crippen molar-refractivity contribution >= 4 is 5.91 Å². The topological polar surface area (TPSA) is 64.3 Å². The fraction of sp³-hybridized carbons (Fsp3) is 0.409. The molecule has 0 fully saturated rings. The van der Waals surface area contributed by atoms with E-state index in [0.717, 1.165) is 37.0 Å². The van der Waals surface area contributed by atoms with Crippen LogP contribution in [0.5, 0.6) is 5.75 Å². The smallest absolute Gasteiger partial charge is 0.234 e. The first-order chi connectivity index (χ1) is 13.0. The Morgan fingerprint density at radius 1 is 1.22 bits per heavy atom. The summed E-state index contributed by atoms with van der Waals surface area (Å²) < 4.78 is 19.3. The highest BCUT2D eigenvalue weighted by Crippen LogP contribution is 2.32. The predicted molar refractivity (Wildman–Crippen MR) is 104 cm³/mol. The molecule has 0 heterocycles. The van der Waals surface area contributed by atoms with Gasteiger partial charge in [0.2, 0.25) is 5.91 Å². The Kier molecular flexibility index (Phi) is 6.45. The number of benzene rings is 2. The summed E-state index contributed by atoms with van der Waals surface area (Å²) in [6.07, 6.45) is 5.02. The van der Waals surface area contributed by atoms with Crippen molar-refractivity contribution in [1.82, 2.24) is 5.32 Å². The van der Waals surface area contributed by atoms with Gasteiger partial charge in [0.25, 0.3) is 0 Å². The lowest BCUT2D eigenvalue weighted by atomic mass is 9.87. The van der Waals surface area contributed by atoms with E-state index in [1.807, 2.05) is 12.1 Å². The molecule has 1 aliphatic carbocycles. The molecule has 3 N–H and O–H groups in total. The zero-order valence-electron chi connectivity index (χ0n) is 15.8. The Hall–Kier alpha value is -2.40. The number of halogens is 1. The summed E-state index contributed by atoms with van der Waals surface area (Å²) in [5, 5.41) is 3.19. The maximum absolute atomic E-state index is 13.3. The Morgan fingerprint density at radius 2 is 2.00 bits per heavy atom. The molecule has 0 aliphatic heterocycles. The van der Waals surface area contributed by atoms with Crippen molar-refractivity contribution in [3.63, 3.8) is 0 Å². The minimum Gasteiger partial charge on any atom is -0.493 e. The summed E-state index contributed by atoms with van der Waals surface area (Å²) in [5.74, 6) is 0.362. The van der Waals surface area contributed by atoms with E-state index in [4.69, 9.17) is 10.5 Å². The second-order valence-corrected chi connectivity index (χ2v) is 7.12. The van der Waals surface area contributed by atoms with Gasteiger partial charge in [0.1, 0.15) is 11.6 Å². The molecule has 1 atom stereocenters. The van der Waals surface area contributed by atoms with Crippen LogP contribution in [0.2, 0.25) is 0 Å². The van der Waals surface area contributed by atoms with Gasteiger partial charge in [0, 0.05) is 13.0 Å². The highest BCUT2D eigenvalue weighted by molar-refractivity contribution is 5.79. The first-order valence-corrected chi connectivity index (χ1v) is 9.58. The highest BCUT2D eigenvalue weighted by Gasteiger charge is 2.18. The number of carbonyl (C=O) groups is 1. The van der Waals surface area contributed by atoms with E-state index in [0.29, 0.717) is 19.6 Å². The molecular weight excluding hydrogens is 343 g/mol. The maximum Gasteiger partial charge on any atom is 0.234 e. The Balaban J connectivity index is 1.68. The summed E-state index contributed by atoms with van der Waals surface area (Å²) in [5.41, 5.74) is 10.1. The zero-order chi connectivity index (χ0) is 19.2. The summed E-state index contributed by atoms with van der Waals surface area (Å²) >= 11 is 0. The molecular formula is C22H27FN2O2. The first kappa shape index (κ1) is 19.4. The number of hydrogen-bond acceptors (Lipinski definition) is 3. The average molecular weight is 370 g/mol. The summed E-state index contributed by atoms with van der Waals surface area (Å²) in [4.78, 5) is 11.2. The predicted octanol–water partition coefficient (Wildman–Crippen LogP) is 3.29. The molecule has 2 aromatic carbocycles. The van der Waals surface area contributed by atoms with Crippen LogP contribution in [0, 0.1) is 5.82 Å². The fourth-order valence-electron chi connectivity index (χ4n) is 3.54. The third-order valence-electron chi connectivity index (χ3n) is 5.15. The van der Waals surface area contributed by atoms with Crippen molar-refractivity contribution in [2.45, 2.75) is 51.6 Å². The molecule has 0 unspecified atom stereocenters. The number of ether oxygens (including phenoxy) is 1. The lowest BCUT2D eigenvalue weighted by Crippen LogP contribution is -2.38. The molecule has 0 aromatic heterocycles. The van der Waals surface area contributed by atoms with Crippen molar-refractivity contribution in [3.8, 4) is 5.75 Å². The summed E-state index contributed by atoms with van der Waals surface area (Å²) in [6.45, 7) is 2.92. The number of nitrogens with one attached hydrogen (secondary N) is 1. The van der Waals surface area contributed by atoms with Gasteiger partial charge in [-0.3, -0.25) is 4.79 Å². The molecule has 2 aromatic rings. The van der Waals surface area contributed by atoms with E-state index >= 15 is 0 Å². The molecule has 0 spiro atoms. The van der Waals surface area contributed by atoms with Crippen molar-refractivity contribution in [3.05, 3.63) is 64.5 Å². The largest absolute Gasteiger partial charge is 0.493 e. The summed E-state index contributed by atoms with van der Waals surface area (Å²) in [7, 11) is 0. The molecule has 0 saturated carbocycles. The van der Waals surface area contributed by atoms with E-state index in [-0.39, 0.29) is 17.8 Å². The van der Waals surface area contributed by atoms with Crippen LogP contribution in [0.3, 0.4) is 0 Å². The van der Waals surface area contributed by atoms with Gasteiger partial charge in [0.05, 0.1) is 12.6 Å². The molecule has 0 saturated heterocycles. The van der Waals surface area contributed by atoms with Crippen LogP contribution in [-0.4, -0.2) is 18.6 Å². The Morgan fingerprint density at radius 3 is 2.74 bits per heavy atom. The van der Waals surface area contributed by atoms with Crippen LogP contribution >= 0.6 is 0 Å². The Bertz CT molecular complexity index is 807. The molecule has 1 amide bonds. The lowest BCUT2D eigenvalue weighted by Gasteiger charge is -2.23. The lowest BCUT2D eigenvalue weighted by molar-refractivity contribution is -0.119. The van der Waals surface area contributed by atoms with E-state index < -0.39 is 0 Å². The highest BCUT2D eigenvalue weighted by atomic mass is 19.1.